The number of rotatable bonds is 4. The zero-order valence-corrected chi connectivity index (χ0v) is 21.0. The van der Waals surface area contributed by atoms with Crippen molar-refractivity contribution in [1.82, 2.24) is 0 Å². The summed E-state index contributed by atoms with van der Waals surface area (Å²) < 4.78 is 0. The number of fused-ring (bicyclic) bond motifs is 2. The summed E-state index contributed by atoms with van der Waals surface area (Å²) in [4.78, 5) is 0. The highest BCUT2D eigenvalue weighted by molar-refractivity contribution is 6.18. The summed E-state index contributed by atoms with van der Waals surface area (Å²) in [6, 6.07) is 57.0. The Bertz CT molecular complexity index is 1880. The molecule has 7 aromatic carbocycles. The molecule has 0 aliphatic heterocycles. The van der Waals surface area contributed by atoms with E-state index in [-0.39, 0.29) is 0 Å². The Balaban J connectivity index is 1.74. The molecular formula is C38H26. The van der Waals surface area contributed by atoms with Gasteiger partial charge in [0.05, 0.1) is 0 Å². The molecule has 0 fully saturated rings. The normalized spacial score (nSPS) is 11.2. The fraction of sp³-hybridized carbons (Fsp3) is 0. The summed E-state index contributed by atoms with van der Waals surface area (Å²) in [6.07, 6.45) is 0. The van der Waals surface area contributed by atoms with Crippen molar-refractivity contribution >= 4 is 21.5 Å². The fourth-order valence-electron chi connectivity index (χ4n) is 5.77. The molecular weight excluding hydrogens is 456 g/mol. The van der Waals surface area contributed by atoms with Crippen LogP contribution in [0.4, 0.5) is 0 Å². The van der Waals surface area contributed by atoms with E-state index in [0.29, 0.717) is 0 Å². The number of hydrogen-bond donors (Lipinski definition) is 0. The minimum atomic E-state index is 1.22. The van der Waals surface area contributed by atoms with Gasteiger partial charge in [-0.15, -0.1) is 0 Å². The maximum absolute atomic E-state index is 2.35. The van der Waals surface area contributed by atoms with Crippen LogP contribution in [0.25, 0.3) is 66.1 Å². The molecule has 0 aromatic heterocycles. The lowest BCUT2D eigenvalue weighted by molar-refractivity contribution is 1.57. The van der Waals surface area contributed by atoms with Gasteiger partial charge in [-0.05, 0) is 72.1 Å². The molecule has 38 heavy (non-hydrogen) atoms. The zero-order chi connectivity index (χ0) is 25.3. The first kappa shape index (κ1) is 22.3. The summed E-state index contributed by atoms with van der Waals surface area (Å²) in [5.74, 6) is 0. The number of hydrogen-bond acceptors (Lipinski definition) is 0. The quantitative estimate of drug-likeness (QED) is 0.234. The van der Waals surface area contributed by atoms with Gasteiger partial charge in [0.1, 0.15) is 0 Å². The van der Waals surface area contributed by atoms with Gasteiger partial charge in [-0.1, -0.05) is 152 Å². The Kier molecular flexibility index (Phi) is 5.57. The van der Waals surface area contributed by atoms with Crippen LogP contribution in [0.1, 0.15) is 0 Å². The van der Waals surface area contributed by atoms with E-state index in [4.69, 9.17) is 0 Å². The van der Waals surface area contributed by atoms with Crippen molar-refractivity contribution in [3.8, 4) is 44.5 Å². The molecule has 0 aliphatic rings. The summed E-state index contributed by atoms with van der Waals surface area (Å²) >= 11 is 0. The average molecular weight is 483 g/mol. The molecule has 0 radical (unpaired) electrons. The summed E-state index contributed by atoms with van der Waals surface area (Å²) in [5.41, 5.74) is 9.98. The second-order valence-electron chi connectivity index (χ2n) is 9.71. The lowest BCUT2D eigenvalue weighted by Crippen LogP contribution is -1.97. The standard InChI is InChI=1S/C38H26/c1-4-15-28(16-5-1)35-33-22-12-13-23-34(33)36(29-17-6-2-7-18-29)38(37(35)30-19-8-3-9-20-30)32-25-24-27-14-10-11-21-31(27)26-32/h1-26H. The van der Waals surface area contributed by atoms with Gasteiger partial charge in [-0.3, -0.25) is 0 Å². The topological polar surface area (TPSA) is 0 Å². The Morgan fingerprint density at radius 1 is 0.237 bits per heavy atom. The van der Waals surface area contributed by atoms with E-state index in [1.807, 2.05) is 0 Å². The smallest absolute Gasteiger partial charge is 0.00139 e. The van der Waals surface area contributed by atoms with Crippen LogP contribution in [0.2, 0.25) is 0 Å². The van der Waals surface area contributed by atoms with Crippen molar-refractivity contribution < 1.29 is 0 Å². The molecule has 0 heteroatoms. The van der Waals surface area contributed by atoms with Crippen LogP contribution in [-0.2, 0) is 0 Å². The van der Waals surface area contributed by atoms with Crippen LogP contribution in [0.3, 0.4) is 0 Å². The highest BCUT2D eigenvalue weighted by Gasteiger charge is 2.23. The van der Waals surface area contributed by atoms with Crippen LogP contribution < -0.4 is 0 Å². The van der Waals surface area contributed by atoms with E-state index >= 15 is 0 Å². The van der Waals surface area contributed by atoms with Gasteiger partial charge in [0, 0.05) is 0 Å². The average Bonchev–Trinajstić information content (AvgIpc) is 3.01. The Labute approximate surface area is 223 Å². The van der Waals surface area contributed by atoms with Crippen LogP contribution in [0.5, 0.6) is 0 Å². The lowest BCUT2D eigenvalue weighted by Gasteiger charge is -2.24. The summed E-state index contributed by atoms with van der Waals surface area (Å²) in [6.45, 7) is 0. The van der Waals surface area contributed by atoms with Gasteiger partial charge >= 0.3 is 0 Å². The van der Waals surface area contributed by atoms with Gasteiger partial charge in [-0.25, -0.2) is 0 Å². The van der Waals surface area contributed by atoms with Crippen molar-refractivity contribution in [3.05, 3.63) is 158 Å². The van der Waals surface area contributed by atoms with Gasteiger partial charge in [0.15, 0.2) is 0 Å². The summed E-state index contributed by atoms with van der Waals surface area (Å²) in [7, 11) is 0. The molecule has 0 bridgehead atoms. The highest BCUT2D eigenvalue weighted by Crippen LogP contribution is 2.50. The van der Waals surface area contributed by atoms with E-state index in [0.717, 1.165) is 0 Å². The third kappa shape index (κ3) is 3.79. The lowest BCUT2D eigenvalue weighted by atomic mass is 9.79. The second kappa shape index (κ2) is 9.50. The van der Waals surface area contributed by atoms with Crippen LogP contribution in [0, 0.1) is 0 Å². The third-order valence-corrected chi connectivity index (χ3v) is 7.44. The van der Waals surface area contributed by atoms with Gasteiger partial charge < -0.3 is 0 Å². The molecule has 0 saturated heterocycles. The van der Waals surface area contributed by atoms with E-state index in [1.165, 1.54) is 66.1 Å². The minimum absolute atomic E-state index is 1.22. The number of benzene rings is 7. The zero-order valence-electron chi connectivity index (χ0n) is 21.0. The highest BCUT2D eigenvalue weighted by atomic mass is 14.3. The van der Waals surface area contributed by atoms with Crippen LogP contribution in [-0.4, -0.2) is 0 Å². The maximum atomic E-state index is 2.35. The first-order valence-electron chi connectivity index (χ1n) is 13.1. The predicted octanol–water partition coefficient (Wildman–Crippen LogP) is 10.7. The molecule has 178 valence electrons. The van der Waals surface area contributed by atoms with Crippen molar-refractivity contribution in [3.63, 3.8) is 0 Å². The van der Waals surface area contributed by atoms with E-state index < -0.39 is 0 Å². The van der Waals surface area contributed by atoms with Gasteiger partial charge in [0.25, 0.3) is 0 Å². The first-order valence-corrected chi connectivity index (χ1v) is 13.1. The van der Waals surface area contributed by atoms with E-state index in [1.54, 1.807) is 0 Å². The Hall–Kier alpha value is -4.94. The predicted molar refractivity (Wildman–Crippen MR) is 163 cm³/mol. The molecule has 7 rings (SSSR count). The maximum Gasteiger partial charge on any atom is -0.00139 e. The molecule has 0 amide bonds. The van der Waals surface area contributed by atoms with Crippen molar-refractivity contribution in [1.29, 1.82) is 0 Å². The Morgan fingerprint density at radius 2 is 0.632 bits per heavy atom. The van der Waals surface area contributed by atoms with E-state index in [9.17, 15) is 0 Å². The first-order chi connectivity index (χ1) is 18.9. The fourth-order valence-corrected chi connectivity index (χ4v) is 5.77. The molecule has 7 aromatic rings. The van der Waals surface area contributed by atoms with Gasteiger partial charge in [0.2, 0.25) is 0 Å². The second-order valence-corrected chi connectivity index (χ2v) is 9.71. The monoisotopic (exact) mass is 482 g/mol. The van der Waals surface area contributed by atoms with Crippen molar-refractivity contribution in [2.75, 3.05) is 0 Å². The molecule has 0 aliphatic carbocycles. The van der Waals surface area contributed by atoms with Gasteiger partial charge in [-0.2, -0.15) is 0 Å². The largest absolute Gasteiger partial charge is 0.0622 e. The van der Waals surface area contributed by atoms with Crippen molar-refractivity contribution in [2.24, 2.45) is 0 Å². The molecule has 0 N–H and O–H groups in total. The molecule has 0 unspecified atom stereocenters. The van der Waals surface area contributed by atoms with Crippen LogP contribution >= 0.6 is 0 Å². The molecule has 0 heterocycles. The third-order valence-electron chi connectivity index (χ3n) is 7.44. The minimum Gasteiger partial charge on any atom is -0.0622 e. The molecule has 0 spiro atoms. The molecule has 0 saturated carbocycles. The Morgan fingerprint density at radius 3 is 1.16 bits per heavy atom. The van der Waals surface area contributed by atoms with Crippen molar-refractivity contribution in [2.45, 2.75) is 0 Å². The molecule has 0 nitrogen and oxygen atoms in total. The van der Waals surface area contributed by atoms with Crippen LogP contribution in [0.15, 0.2) is 158 Å². The van der Waals surface area contributed by atoms with E-state index in [2.05, 4.69) is 158 Å². The SMILES string of the molecule is c1ccc(-c2c(-c3ccc4ccccc4c3)c(-c3ccccc3)c3ccccc3c2-c2ccccc2)cc1. The summed E-state index contributed by atoms with van der Waals surface area (Å²) in [5, 5.41) is 5.03. The molecule has 0 atom stereocenters.